The molecule has 0 unspecified atom stereocenters. The van der Waals surface area contributed by atoms with E-state index < -0.39 is 0 Å². The molecule has 1 N–H and O–H groups in total. The zero-order valence-corrected chi connectivity index (χ0v) is 10.1. The van der Waals surface area contributed by atoms with Crippen molar-refractivity contribution in [1.29, 1.82) is 5.26 Å². The average molecular weight is 239 g/mol. The molecule has 4 heteroatoms. The normalized spacial score (nSPS) is 10.0. The number of hydrogen-bond donors (Lipinski definition) is 1. The number of aromatic hydroxyl groups is 1. The van der Waals surface area contributed by atoms with E-state index in [1.165, 1.54) is 11.8 Å². The highest BCUT2D eigenvalue weighted by atomic mass is 16.3. The van der Waals surface area contributed by atoms with Crippen molar-refractivity contribution in [2.24, 2.45) is 0 Å². The van der Waals surface area contributed by atoms with Crippen molar-refractivity contribution in [1.82, 2.24) is 9.97 Å². The predicted octanol–water partition coefficient (Wildman–Crippen LogP) is 2.67. The summed E-state index contributed by atoms with van der Waals surface area (Å²) in [5.41, 5.74) is 2.18. The van der Waals surface area contributed by atoms with E-state index in [0.717, 1.165) is 18.4 Å². The molecule has 0 amide bonds. The summed E-state index contributed by atoms with van der Waals surface area (Å²) in [4.78, 5) is 7.97. The minimum absolute atomic E-state index is 0.0846. The van der Waals surface area contributed by atoms with E-state index in [4.69, 9.17) is 5.26 Å². The topological polar surface area (TPSA) is 69.8 Å². The second-order valence-electron chi connectivity index (χ2n) is 3.99. The second-order valence-corrected chi connectivity index (χ2v) is 3.99. The van der Waals surface area contributed by atoms with Crippen LogP contribution in [-0.4, -0.2) is 15.1 Å². The van der Waals surface area contributed by atoms with Gasteiger partial charge in [-0.3, -0.25) is 0 Å². The summed E-state index contributed by atoms with van der Waals surface area (Å²) in [6.45, 7) is 2.13. The van der Waals surface area contributed by atoms with Crippen molar-refractivity contribution < 1.29 is 5.11 Å². The number of hydrogen-bond acceptors (Lipinski definition) is 4. The van der Waals surface area contributed by atoms with Crippen LogP contribution in [0.1, 0.15) is 24.5 Å². The molecule has 0 saturated heterocycles. The molecular formula is C14H13N3O. The van der Waals surface area contributed by atoms with Crippen LogP contribution in [0.25, 0.3) is 11.4 Å². The van der Waals surface area contributed by atoms with Crippen LogP contribution < -0.4 is 0 Å². The molecule has 0 aliphatic carbocycles. The monoisotopic (exact) mass is 239 g/mol. The highest BCUT2D eigenvalue weighted by molar-refractivity contribution is 5.56. The maximum Gasteiger partial charge on any atom is 0.232 e. The molecule has 2 aromatic rings. The van der Waals surface area contributed by atoms with Gasteiger partial charge in [0.25, 0.3) is 0 Å². The molecule has 0 fully saturated rings. The van der Waals surface area contributed by atoms with E-state index in [2.05, 4.69) is 16.9 Å². The Bertz CT molecular complexity index is 585. The molecule has 0 aliphatic heterocycles. The van der Waals surface area contributed by atoms with Gasteiger partial charge in [-0.15, -0.1) is 0 Å². The van der Waals surface area contributed by atoms with Crippen molar-refractivity contribution in [2.75, 3.05) is 0 Å². The van der Waals surface area contributed by atoms with E-state index >= 15 is 0 Å². The quantitative estimate of drug-likeness (QED) is 0.893. The first-order valence-corrected chi connectivity index (χ1v) is 5.80. The van der Waals surface area contributed by atoms with Crippen LogP contribution in [0.5, 0.6) is 5.88 Å². The molecule has 18 heavy (non-hydrogen) atoms. The Balaban J connectivity index is 2.31. The molecule has 0 aliphatic rings. The molecule has 1 aromatic carbocycles. The number of nitrogens with zero attached hydrogens (tertiary/aromatic N) is 3. The lowest BCUT2D eigenvalue weighted by Crippen LogP contribution is -1.92. The molecule has 0 spiro atoms. The van der Waals surface area contributed by atoms with Crippen molar-refractivity contribution in [3.63, 3.8) is 0 Å². The van der Waals surface area contributed by atoms with Gasteiger partial charge in [0.2, 0.25) is 5.88 Å². The molecule has 0 bridgehead atoms. The third-order valence-corrected chi connectivity index (χ3v) is 2.64. The fraction of sp³-hybridized carbons (Fsp3) is 0.214. The van der Waals surface area contributed by atoms with Gasteiger partial charge in [-0.25, -0.2) is 4.98 Å². The van der Waals surface area contributed by atoms with Crippen LogP contribution in [0.4, 0.5) is 0 Å². The van der Waals surface area contributed by atoms with Crippen LogP contribution in [0.2, 0.25) is 0 Å². The first-order valence-electron chi connectivity index (χ1n) is 5.80. The van der Waals surface area contributed by atoms with Crippen molar-refractivity contribution in [3.8, 4) is 23.3 Å². The summed E-state index contributed by atoms with van der Waals surface area (Å²) in [6.07, 6.45) is 3.48. The van der Waals surface area contributed by atoms with Crippen molar-refractivity contribution in [3.05, 3.63) is 41.6 Å². The van der Waals surface area contributed by atoms with Crippen LogP contribution in [0, 0.1) is 11.3 Å². The minimum Gasteiger partial charge on any atom is -0.492 e. The van der Waals surface area contributed by atoms with E-state index in [-0.39, 0.29) is 11.4 Å². The third-order valence-electron chi connectivity index (χ3n) is 2.64. The molecule has 2 rings (SSSR count). The summed E-state index contributed by atoms with van der Waals surface area (Å²) in [5, 5.41) is 18.2. The molecule has 0 atom stereocenters. The van der Waals surface area contributed by atoms with E-state index in [0.29, 0.717) is 5.82 Å². The Morgan fingerprint density at radius 2 is 2.00 bits per heavy atom. The number of rotatable bonds is 3. The number of aromatic nitrogens is 2. The standard InChI is InChI=1S/C14H13N3O/c1-2-3-10-4-6-11(7-5-10)13-16-9-12(8-15)14(18)17-13/h4-7,9H,2-3H2,1H3,(H,16,17,18). The SMILES string of the molecule is CCCc1ccc(-c2ncc(C#N)c(O)n2)cc1. The molecule has 1 heterocycles. The summed E-state index contributed by atoms with van der Waals surface area (Å²) in [5.74, 6) is 0.148. The van der Waals surface area contributed by atoms with Gasteiger partial charge in [0, 0.05) is 5.56 Å². The number of aryl methyl sites for hydroxylation is 1. The summed E-state index contributed by atoms with van der Waals surface area (Å²) >= 11 is 0. The van der Waals surface area contributed by atoms with Gasteiger partial charge in [-0.1, -0.05) is 37.6 Å². The zero-order chi connectivity index (χ0) is 13.0. The molecule has 4 nitrogen and oxygen atoms in total. The average Bonchev–Trinajstić information content (AvgIpc) is 2.40. The van der Waals surface area contributed by atoms with Gasteiger partial charge >= 0.3 is 0 Å². The van der Waals surface area contributed by atoms with Crippen molar-refractivity contribution in [2.45, 2.75) is 19.8 Å². The van der Waals surface area contributed by atoms with E-state index in [1.807, 2.05) is 30.3 Å². The first kappa shape index (κ1) is 12.1. The van der Waals surface area contributed by atoms with Gasteiger partial charge in [-0.05, 0) is 12.0 Å². The Morgan fingerprint density at radius 1 is 1.28 bits per heavy atom. The molecule has 1 aromatic heterocycles. The molecule has 0 radical (unpaired) electrons. The summed E-state index contributed by atoms with van der Waals surface area (Å²) in [6, 6.07) is 9.72. The van der Waals surface area contributed by atoms with Gasteiger partial charge in [-0.2, -0.15) is 10.2 Å². The van der Waals surface area contributed by atoms with Crippen LogP contribution in [-0.2, 0) is 6.42 Å². The maximum atomic E-state index is 9.52. The Kier molecular flexibility index (Phi) is 3.54. The van der Waals surface area contributed by atoms with Gasteiger partial charge < -0.3 is 5.11 Å². The highest BCUT2D eigenvalue weighted by Gasteiger charge is 2.06. The number of benzene rings is 1. The van der Waals surface area contributed by atoms with Crippen molar-refractivity contribution >= 4 is 0 Å². The molecule has 90 valence electrons. The highest BCUT2D eigenvalue weighted by Crippen LogP contribution is 2.20. The minimum atomic E-state index is -0.278. The molecule has 0 saturated carbocycles. The van der Waals surface area contributed by atoms with Crippen LogP contribution >= 0.6 is 0 Å². The first-order chi connectivity index (χ1) is 8.74. The van der Waals surface area contributed by atoms with E-state index in [1.54, 1.807) is 0 Å². The Labute approximate surface area is 106 Å². The zero-order valence-electron chi connectivity index (χ0n) is 10.1. The smallest absolute Gasteiger partial charge is 0.232 e. The fourth-order valence-corrected chi connectivity index (χ4v) is 1.70. The lowest BCUT2D eigenvalue weighted by Gasteiger charge is -2.03. The van der Waals surface area contributed by atoms with E-state index in [9.17, 15) is 5.11 Å². The second kappa shape index (κ2) is 5.28. The lowest BCUT2D eigenvalue weighted by atomic mass is 10.1. The summed E-state index contributed by atoms with van der Waals surface area (Å²) < 4.78 is 0. The Morgan fingerprint density at radius 3 is 2.56 bits per heavy atom. The van der Waals surface area contributed by atoms with Crippen LogP contribution in [0.15, 0.2) is 30.5 Å². The maximum absolute atomic E-state index is 9.52. The van der Waals surface area contributed by atoms with Gasteiger partial charge in [0.1, 0.15) is 11.6 Å². The molecular weight excluding hydrogens is 226 g/mol. The van der Waals surface area contributed by atoms with Crippen LogP contribution in [0.3, 0.4) is 0 Å². The predicted molar refractivity (Wildman–Crippen MR) is 67.8 cm³/mol. The van der Waals surface area contributed by atoms with Gasteiger partial charge in [0.15, 0.2) is 5.82 Å². The van der Waals surface area contributed by atoms with Gasteiger partial charge in [0.05, 0.1) is 6.20 Å². The lowest BCUT2D eigenvalue weighted by molar-refractivity contribution is 0.451. The largest absolute Gasteiger partial charge is 0.492 e. The fourth-order valence-electron chi connectivity index (χ4n) is 1.70. The third kappa shape index (κ3) is 2.46. The summed E-state index contributed by atoms with van der Waals surface area (Å²) in [7, 11) is 0. The Hall–Kier alpha value is -2.41. The number of nitriles is 1.